The first-order valence-electron chi connectivity index (χ1n) is 8.41. The Kier molecular flexibility index (Phi) is 6.98. The summed E-state index contributed by atoms with van der Waals surface area (Å²) in [5.74, 6) is 1.34. The van der Waals surface area contributed by atoms with Crippen molar-refractivity contribution in [3.05, 3.63) is 0 Å². The van der Waals surface area contributed by atoms with Gasteiger partial charge in [0, 0.05) is 19.1 Å². The highest BCUT2D eigenvalue weighted by Crippen LogP contribution is 2.20. The number of amides is 1. The highest BCUT2D eigenvalue weighted by Gasteiger charge is 2.30. The second kappa shape index (κ2) is 8.02. The number of hydrogen-bond donors (Lipinski definition) is 1. The average Bonchev–Trinajstić information content (AvgIpc) is 2.37. The smallest absolute Gasteiger partial charge is 0.410 e. The molecule has 0 bridgehead atoms. The molecule has 0 aromatic carbocycles. The van der Waals surface area contributed by atoms with Crippen molar-refractivity contribution in [3.8, 4) is 0 Å². The summed E-state index contributed by atoms with van der Waals surface area (Å²) in [5, 5.41) is 3.53. The predicted molar refractivity (Wildman–Crippen MR) is 87.5 cm³/mol. The van der Waals surface area contributed by atoms with Crippen molar-refractivity contribution >= 4 is 6.09 Å². The van der Waals surface area contributed by atoms with Crippen LogP contribution in [0.4, 0.5) is 4.79 Å². The molecule has 1 saturated heterocycles. The molecule has 2 atom stereocenters. The van der Waals surface area contributed by atoms with Gasteiger partial charge in [-0.2, -0.15) is 0 Å². The maximum Gasteiger partial charge on any atom is 0.410 e. The number of piperidine rings is 1. The second-order valence-corrected chi connectivity index (χ2v) is 7.70. The molecule has 0 aromatic heterocycles. The summed E-state index contributed by atoms with van der Waals surface area (Å²) in [6.45, 7) is 15.2. The van der Waals surface area contributed by atoms with E-state index in [1.54, 1.807) is 0 Å². The molecule has 1 fully saturated rings. The van der Waals surface area contributed by atoms with Crippen LogP contribution in [-0.2, 0) is 4.74 Å². The van der Waals surface area contributed by atoms with E-state index in [0.29, 0.717) is 11.8 Å². The van der Waals surface area contributed by atoms with Gasteiger partial charge in [0.1, 0.15) is 5.60 Å². The van der Waals surface area contributed by atoms with Gasteiger partial charge in [-0.15, -0.1) is 0 Å². The molecule has 4 heteroatoms. The zero-order valence-corrected chi connectivity index (χ0v) is 14.7. The van der Waals surface area contributed by atoms with Crippen molar-refractivity contribution in [2.45, 2.75) is 72.4 Å². The number of nitrogens with one attached hydrogen (secondary N) is 1. The van der Waals surface area contributed by atoms with Crippen LogP contribution in [0.15, 0.2) is 0 Å². The number of hydrogen-bond acceptors (Lipinski definition) is 3. The predicted octanol–water partition coefficient (Wildman–Crippen LogP) is 3.66. The summed E-state index contributed by atoms with van der Waals surface area (Å²) in [6.07, 6.45) is 3.19. The van der Waals surface area contributed by atoms with Crippen molar-refractivity contribution < 1.29 is 9.53 Å². The van der Waals surface area contributed by atoms with Gasteiger partial charge < -0.3 is 15.0 Å². The lowest BCUT2D eigenvalue weighted by molar-refractivity contribution is 0.00986. The Morgan fingerprint density at radius 2 is 1.95 bits per heavy atom. The van der Waals surface area contributed by atoms with E-state index in [1.807, 2.05) is 25.7 Å². The van der Waals surface area contributed by atoms with Gasteiger partial charge in [-0.25, -0.2) is 4.79 Å². The molecule has 0 radical (unpaired) electrons. The van der Waals surface area contributed by atoms with Crippen LogP contribution in [0, 0.1) is 11.8 Å². The molecule has 0 aromatic rings. The van der Waals surface area contributed by atoms with E-state index in [4.69, 9.17) is 4.74 Å². The summed E-state index contributed by atoms with van der Waals surface area (Å²) in [6, 6.07) is 0.271. The topological polar surface area (TPSA) is 41.6 Å². The average molecular weight is 298 g/mol. The maximum atomic E-state index is 12.3. The molecule has 1 rings (SSSR count). The molecule has 1 aliphatic rings. The molecule has 1 amide bonds. The lowest BCUT2D eigenvalue weighted by atomic mass is 9.97. The van der Waals surface area contributed by atoms with Gasteiger partial charge in [0.05, 0.1) is 0 Å². The van der Waals surface area contributed by atoms with E-state index in [9.17, 15) is 4.79 Å². The Morgan fingerprint density at radius 1 is 1.29 bits per heavy atom. The first-order valence-corrected chi connectivity index (χ1v) is 8.41. The first-order chi connectivity index (χ1) is 9.70. The van der Waals surface area contributed by atoms with E-state index in [1.165, 1.54) is 6.42 Å². The Balaban J connectivity index is 2.47. The van der Waals surface area contributed by atoms with E-state index in [0.717, 1.165) is 32.5 Å². The van der Waals surface area contributed by atoms with Gasteiger partial charge in [0.2, 0.25) is 0 Å². The zero-order chi connectivity index (χ0) is 16.0. The summed E-state index contributed by atoms with van der Waals surface area (Å²) >= 11 is 0. The van der Waals surface area contributed by atoms with Crippen molar-refractivity contribution in [1.29, 1.82) is 0 Å². The molecule has 21 heavy (non-hydrogen) atoms. The van der Waals surface area contributed by atoms with Crippen LogP contribution >= 0.6 is 0 Å². The number of nitrogens with zero attached hydrogens (tertiary/aromatic N) is 1. The van der Waals surface area contributed by atoms with E-state index >= 15 is 0 Å². The fraction of sp³-hybridized carbons (Fsp3) is 0.941. The van der Waals surface area contributed by atoms with Gasteiger partial charge in [0.15, 0.2) is 0 Å². The summed E-state index contributed by atoms with van der Waals surface area (Å²) in [7, 11) is 0. The minimum atomic E-state index is -0.418. The van der Waals surface area contributed by atoms with E-state index < -0.39 is 5.60 Å². The van der Waals surface area contributed by atoms with E-state index in [-0.39, 0.29) is 12.1 Å². The normalized spacial score (nSPS) is 21.5. The third-order valence-corrected chi connectivity index (χ3v) is 4.24. The maximum absolute atomic E-state index is 12.3. The number of likely N-dealkylation sites (tertiary alicyclic amines) is 1. The number of ether oxygens (including phenoxy) is 1. The van der Waals surface area contributed by atoms with Gasteiger partial charge in [-0.1, -0.05) is 20.8 Å². The Hall–Kier alpha value is -0.770. The molecule has 0 spiro atoms. The summed E-state index contributed by atoms with van der Waals surface area (Å²) in [5.41, 5.74) is -0.418. The molecule has 124 valence electrons. The monoisotopic (exact) mass is 298 g/mol. The lowest BCUT2D eigenvalue weighted by Gasteiger charge is -2.37. The second-order valence-electron chi connectivity index (χ2n) is 7.70. The van der Waals surface area contributed by atoms with Gasteiger partial charge in [-0.3, -0.25) is 0 Å². The fourth-order valence-electron chi connectivity index (χ4n) is 2.49. The number of carbonyl (C=O) groups excluding carboxylic acids is 1. The Morgan fingerprint density at radius 3 is 2.52 bits per heavy atom. The SMILES string of the molecule is CC(C)C(C)CNCC1CCCCN1C(=O)OC(C)(C)C. The molecule has 1 N–H and O–H groups in total. The number of carbonyl (C=O) groups is 1. The quantitative estimate of drug-likeness (QED) is 0.842. The van der Waals surface area contributed by atoms with Crippen LogP contribution < -0.4 is 5.32 Å². The molecule has 4 nitrogen and oxygen atoms in total. The van der Waals surface area contributed by atoms with Crippen LogP contribution in [-0.4, -0.2) is 42.3 Å². The number of rotatable bonds is 5. The Bertz CT molecular complexity index is 323. The highest BCUT2D eigenvalue weighted by molar-refractivity contribution is 5.68. The minimum Gasteiger partial charge on any atom is -0.444 e. The Labute approximate surface area is 130 Å². The van der Waals surface area contributed by atoms with Crippen molar-refractivity contribution in [3.63, 3.8) is 0 Å². The van der Waals surface area contributed by atoms with Crippen LogP contribution in [0.25, 0.3) is 0 Å². The fourth-order valence-corrected chi connectivity index (χ4v) is 2.49. The van der Waals surface area contributed by atoms with Gasteiger partial charge in [-0.05, 0) is 58.4 Å². The van der Waals surface area contributed by atoms with Crippen LogP contribution in [0.1, 0.15) is 60.8 Å². The van der Waals surface area contributed by atoms with Crippen LogP contribution in [0.5, 0.6) is 0 Å². The standard InChI is InChI=1S/C17H34N2O2/c1-13(2)14(3)11-18-12-15-9-7-8-10-19(15)16(20)21-17(4,5)6/h13-15,18H,7-12H2,1-6H3. The van der Waals surface area contributed by atoms with Crippen molar-refractivity contribution in [2.24, 2.45) is 11.8 Å². The first kappa shape index (κ1) is 18.3. The largest absolute Gasteiger partial charge is 0.444 e. The molecular formula is C17H34N2O2. The summed E-state index contributed by atoms with van der Waals surface area (Å²) in [4.78, 5) is 14.2. The zero-order valence-electron chi connectivity index (χ0n) is 14.7. The van der Waals surface area contributed by atoms with Crippen LogP contribution in [0.3, 0.4) is 0 Å². The minimum absolute atomic E-state index is 0.161. The third kappa shape index (κ3) is 6.68. The molecule has 1 heterocycles. The van der Waals surface area contributed by atoms with Gasteiger partial charge in [0.25, 0.3) is 0 Å². The van der Waals surface area contributed by atoms with Crippen molar-refractivity contribution in [1.82, 2.24) is 10.2 Å². The molecule has 1 aliphatic heterocycles. The van der Waals surface area contributed by atoms with Crippen LogP contribution in [0.2, 0.25) is 0 Å². The third-order valence-electron chi connectivity index (χ3n) is 4.24. The highest BCUT2D eigenvalue weighted by atomic mass is 16.6. The molecule has 2 unspecified atom stereocenters. The van der Waals surface area contributed by atoms with E-state index in [2.05, 4.69) is 26.1 Å². The van der Waals surface area contributed by atoms with Gasteiger partial charge >= 0.3 is 6.09 Å². The molecule has 0 saturated carbocycles. The lowest BCUT2D eigenvalue weighted by Crippen LogP contribution is -2.50. The van der Waals surface area contributed by atoms with Crippen molar-refractivity contribution in [2.75, 3.05) is 19.6 Å². The molecular weight excluding hydrogens is 264 g/mol. The molecule has 0 aliphatic carbocycles. The summed E-state index contributed by atoms with van der Waals surface area (Å²) < 4.78 is 5.53.